The van der Waals surface area contributed by atoms with Crippen LogP contribution in [0.1, 0.15) is 62.4 Å². The molecule has 1 heterocycles. The van der Waals surface area contributed by atoms with E-state index in [1.165, 1.54) is 17.7 Å². The van der Waals surface area contributed by atoms with Crippen molar-refractivity contribution in [2.75, 3.05) is 18.0 Å². The molecule has 2 aromatic carbocycles. The van der Waals surface area contributed by atoms with E-state index in [4.69, 9.17) is 4.99 Å². The lowest BCUT2D eigenvalue weighted by atomic mass is 9.86. The first-order valence-electron chi connectivity index (χ1n) is 10.7. The van der Waals surface area contributed by atoms with Crippen LogP contribution in [0, 0.1) is 0 Å². The number of rotatable bonds is 6. The number of hydrogen-bond acceptors (Lipinski definition) is 4. The number of anilines is 1. The Balaban J connectivity index is 1.84. The first kappa shape index (κ1) is 22.9. The smallest absolute Gasteiger partial charge is 0.387 e. The number of benzene rings is 2. The van der Waals surface area contributed by atoms with Crippen LogP contribution in [0.4, 0.5) is 14.5 Å². The predicted molar refractivity (Wildman–Crippen MR) is 121 cm³/mol. The summed E-state index contributed by atoms with van der Waals surface area (Å²) in [6.45, 7) is 4.41. The van der Waals surface area contributed by atoms with Crippen LogP contribution in [0.3, 0.4) is 0 Å². The van der Waals surface area contributed by atoms with E-state index < -0.39 is 6.61 Å². The Morgan fingerprint density at radius 2 is 1.71 bits per heavy atom. The van der Waals surface area contributed by atoms with Crippen molar-refractivity contribution in [1.29, 1.82) is 0 Å². The molecule has 0 atom stereocenters. The molecule has 0 bridgehead atoms. The normalized spacial score (nSPS) is 14.7. The van der Waals surface area contributed by atoms with Gasteiger partial charge in [0.2, 0.25) is 0 Å². The van der Waals surface area contributed by atoms with Crippen LogP contribution in [0.2, 0.25) is 0 Å². The van der Waals surface area contributed by atoms with Crippen LogP contribution < -0.4 is 9.64 Å². The monoisotopic (exact) mass is 428 g/mol. The van der Waals surface area contributed by atoms with E-state index in [1.54, 1.807) is 12.1 Å². The van der Waals surface area contributed by atoms with Crippen LogP contribution in [0.5, 0.6) is 5.75 Å². The molecule has 4 nitrogen and oxygen atoms in total. The van der Waals surface area contributed by atoms with E-state index >= 15 is 0 Å². The van der Waals surface area contributed by atoms with Gasteiger partial charge < -0.3 is 9.64 Å². The third-order valence-corrected chi connectivity index (χ3v) is 5.41. The molecular formula is C25H30F2N2O2. The zero-order valence-electron chi connectivity index (χ0n) is 18.4. The Bertz CT molecular complexity index is 901. The number of halogens is 2. The van der Waals surface area contributed by atoms with Crippen LogP contribution in [-0.4, -0.2) is 31.3 Å². The molecular weight excluding hydrogens is 398 g/mol. The van der Waals surface area contributed by atoms with Gasteiger partial charge in [0.15, 0.2) is 5.78 Å². The maximum atomic E-state index is 13.1. The number of amidine groups is 1. The van der Waals surface area contributed by atoms with E-state index in [0.717, 1.165) is 43.8 Å². The molecule has 6 heteroatoms. The van der Waals surface area contributed by atoms with Crippen LogP contribution in [-0.2, 0) is 5.41 Å². The summed E-state index contributed by atoms with van der Waals surface area (Å²) in [6.07, 6.45) is 3.92. The first-order valence-corrected chi connectivity index (χ1v) is 10.7. The van der Waals surface area contributed by atoms with Gasteiger partial charge >= 0.3 is 6.61 Å². The van der Waals surface area contributed by atoms with Gasteiger partial charge in [-0.05, 0) is 48.1 Å². The average molecular weight is 429 g/mol. The fourth-order valence-electron chi connectivity index (χ4n) is 3.61. The van der Waals surface area contributed by atoms with Gasteiger partial charge in [-0.1, -0.05) is 51.5 Å². The summed E-state index contributed by atoms with van der Waals surface area (Å²) in [5.41, 5.74) is 2.57. The summed E-state index contributed by atoms with van der Waals surface area (Å²) < 4.78 is 29.4. The van der Waals surface area contributed by atoms with Crippen molar-refractivity contribution < 1.29 is 18.3 Å². The standard InChI is InChI=1S/C25H30F2N2O2/c1-25(2,3)19-10-8-18(9-11-19)22(30)17-29(23-7-5-4-6-16-28-23)20-12-14-21(15-13-20)31-24(26)27/h8-15,24H,4-7,16-17H2,1-3H3. The number of alkyl halides is 2. The van der Waals surface area contributed by atoms with Gasteiger partial charge in [0.05, 0.1) is 6.54 Å². The van der Waals surface area contributed by atoms with Gasteiger partial charge in [-0.15, -0.1) is 0 Å². The molecule has 0 aromatic heterocycles. The highest BCUT2D eigenvalue weighted by atomic mass is 19.3. The summed E-state index contributed by atoms with van der Waals surface area (Å²) in [5, 5.41) is 0. The Kier molecular flexibility index (Phi) is 7.42. The highest BCUT2D eigenvalue weighted by Crippen LogP contribution is 2.25. The number of nitrogens with zero attached hydrogens (tertiary/aromatic N) is 2. The number of carbonyl (C=O) groups excluding carboxylic acids is 1. The molecule has 2 aromatic rings. The quantitative estimate of drug-likeness (QED) is 0.511. The molecule has 166 valence electrons. The highest BCUT2D eigenvalue weighted by molar-refractivity contribution is 6.07. The minimum Gasteiger partial charge on any atom is -0.435 e. The number of Topliss-reactive ketones (excluding diaryl/α,β-unsaturated/α-hetero) is 1. The first-order chi connectivity index (χ1) is 14.7. The summed E-state index contributed by atoms with van der Waals surface area (Å²) >= 11 is 0. The number of ketones is 1. The Labute approximate surface area is 182 Å². The van der Waals surface area contributed by atoms with Crippen molar-refractivity contribution in [2.45, 2.75) is 58.5 Å². The van der Waals surface area contributed by atoms with Crippen molar-refractivity contribution in [1.82, 2.24) is 0 Å². The fraction of sp³-hybridized carbons (Fsp3) is 0.440. The maximum Gasteiger partial charge on any atom is 0.387 e. The largest absolute Gasteiger partial charge is 0.435 e. The van der Waals surface area contributed by atoms with Crippen molar-refractivity contribution in [3.63, 3.8) is 0 Å². The summed E-state index contributed by atoms with van der Waals surface area (Å²) in [7, 11) is 0. The molecule has 3 rings (SSSR count). The van der Waals surface area contributed by atoms with Gasteiger partial charge in [0, 0.05) is 24.2 Å². The van der Waals surface area contributed by atoms with E-state index in [9.17, 15) is 13.6 Å². The molecule has 0 N–H and O–H groups in total. The summed E-state index contributed by atoms with van der Waals surface area (Å²) in [6, 6.07) is 14.1. The Morgan fingerprint density at radius 1 is 1.03 bits per heavy atom. The molecule has 1 aliphatic heterocycles. The van der Waals surface area contributed by atoms with Crippen LogP contribution in [0.15, 0.2) is 53.5 Å². The molecule has 31 heavy (non-hydrogen) atoms. The van der Waals surface area contributed by atoms with Crippen molar-refractivity contribution in [3.05, 3.63) is 59.7 Å². The average Bonchev–Trinajstić information content (AvgIpc) is 3.01. The predicted octanol–water partition coefficient (Wildman–Crippen LogP) is 6.25. The summed E-state index contributed by atoms with van der Waals surface area (Å²) in [5.74, 6) is 0.936. The second-order valence-corrected chi connectivity index (χ2v) is 8.82. The third kappa shape index (κ3) is 6.36. The van der Waals surface area contributed by atoms with E-state index in [0.29, 0.717) is 5.56 Å². The van der Waals surface area contributed by atoms with Crippen LogP contribution in [0.25, 0.3) is 0 Å². The molecule has 0 aliphatic carbocycles. The van der Waals surface area contributed by atoms with E-state index in [1.807, 2.05) is 29.2 Å². The van der Waals surface area contributed by atoms with Gasteiger partial charge in [-0.3, -0.25) is 9.79 Å². The molecule has 0 saturated heterocycles. The number of aliphatic imine (C=N–C) groups is 1. The highest BCUT2D eigenvalue weighted by Gasteiger charge is 2.21. The van der Waals surface area contributed by atoms with Gasteiger partial charge in [0.1, 0.15) is 11.6 Å². The van der Waals surface area contributed by atoms with Crippen molar-refractivity contribution in [3.8, 4) is 5.75 Å². The summed E-state index contributed by atoms with van der Waals surface area (Å²) in [4.78, 5) is 19.7. The topological polar surface area (TPSA) is 41.9 Å². The third-order valence-electron chi connectivity index (χ3n) is 5.41. The number of hydrogen-bond donors (Lipinski definition) is 0. The fourth-order valence-corrected chi connectivity index (χ4v) is 3.61. The zero-order chi connectivity index (χ0) is 22.4. The second kappa shape index (κ2) is 10.0. The van der Waals surface area contributed by atoms with Crippen molar-refractivity contribution >= 4 is 17.3 Å². The lowest BCUT2D eigenvalue weighted by Gasteiger charge is -2.26. The maximum absolute atomic E-state index is 13.1. The molecule has 0 amide bonds. The lowest BCUT2D eigenvalue weighted by Crippen LogP contribution is -2.36. The molecule has 0 unspecified atom stereocenters. The van der Waals surface area contributed by atoms with Gasteiger partial charge in [-0.25, -0.2) is 0 Å². The number of ether oxygens (including phenoxy) is 1. The minimum absolute atomic E-state index is 0.0136. The molecule has 0 saturated carbocycles. The second-order valence-electron chi connectivity index (χ2n) is 8.82. The van der Waals surface area contributed by atoms with E-state index in [2.05, 4.69) is 25.5 Å². The SMILES string of the molecule is CC(C)(C)c1ccc(C(=O)CN(C2=NCCCCC2)c2ccc(OC(F)F)cc2)cc1. The molecule has 0 fully saturated rings. The van der Waals surface area contributed by atoms with Crippen LogP contribution >= 0.6 is 0 Å². The zero-order valence-corrected chi connectivity index (χ0v) is 18.4. The van der Waals surface area contributed by atoms with Gasteiger partial charge in [0.25, 0.3) is 0 Å². The Hall–Kier alpha value is -2.76. The molecule has 0 spiro atoms. The van der Waals surface area contributed by atoms with Crippen molar-refractivity contribution in [2.24, 2.45) is 4.99 Å². The van der Waals surface area contributed by atoms with E-state index in [-0.39, 0.29) is 23.5 Å². The Morgan fingerprint density at radius 3 is 2.32 bits per heavy atom. The minimum atomic E-state index is -2.87. The molecule has 1 aliphatic rings. The molecule has 0 radical (unpaired) electrons. The van der Waals surface area contributed by atoms with Gasteiger partial charge in [-0.2, -0.15) is 8.78 Å². The number of carbonyl (C=O) groups is 1. The lowest BCUT2D eigenvalue weighted by molar-refractivity contribution is -0.0498.